The molecule has 0 spiro atoms. The minimum absolute atomic E-state index is 0.129. The molecule has 1 aromatic rings. The highest BCUT2D eigenvalue weighted by Crippen LogP contribution is 2.40. The Morgan fingerprint density at radius 2 is 1.82 bits per heavy atom. The maximum atomic E-state index is 12.3. The third-order valence-corrected chi connectivity index (χ3v) is 5.87. The first-order valence-corrected chi connectivity index (χ1v) is 11.8. The zero-order valence-corrected chi connectivity index (χ0v) is 20.7. The molecule has 1 aliphatic carbocycles. The van der Waals surface area contributed by atoms with Gasteiger partial charge in [-0.25, -0.2) is 4.79 Å². The van der Waals surface area contributed by atoms with Crippen LogP contribution in [0.5, 0.6) is 0 Å². The second kappa shape index (κ2) is 12.2. The Morgan fingerprint density at radius 3 is 2.42 bits per heavy atom. The highest BCUT2D eigenvalue weighted by Gasteiger charge is 2.37. The van der Waals surface area contributed by atoms with Crippen LogP contribution in [-0.4, -0.2) is 55.9 Å². The van der Waals surface area contributed by atoms with Crippen molar-refractivity contribution in [2.24, 2.45) is 0 Å². The van der Waals surface area contributed by atoms with Crippen LogP contribution in [0.15, 0.2) is 24.3 Å². The number of carbonyl (C=O) groups excluding carboxylic acids is 3. The van der Waals surface area contributed by atoms with Gasteiger partial charge in [-0.05, 0) is 71.1 Å². The lowest BCUT2D eigenvalue weighted by molar-refractivity contribution is -0.143. The van der Waals surface area contributed by atoms with Crippen LogP contribution in [0.2, 0.25) is 5.02 Å². The number of carbonyl (C=O) groups is 3. The van der Waals surface area contributed by atoms with E-state index >= 15 is 0 Å². The van der Waals surface area contributed by atoms with Crippen LogP contribution < -0.4 is 16.0 Å². The van der Waals surface area contributed by atoms with Crippen molar-refractivity contribution in [1.82, 2.24) is 16.0 Å². The third kappa shape index (κ3) is 9.21. The zero-order chi connectivity index (χ0) is 24.5. The minimum atomic E-state index is -0.567. The fraction of sp³-hybridized carbons (Fsp3) is 0.625. The second-order valence-electron chi connectivity index (χ2n) is 9.38. The summed E-state index contributed by atoms with van der Waals surface area (Å²) < 4.78 is 10.2. The summed E-state index contributed by atoms with van der Waals surface area (Å²) in [7, 11) is 0. The molecule has 1 saturated carbocycles. The maximum Gasteiger partial charge on any atom is 0.407 e. The van der Waals surface area contributed by atoms with Crippen molar-refractivity contribution in [3.8, 4) is 0 Å². The molecule has 0 atom stereocenters. The molecule has 33 heavy (non-hydrogen) atoms. The van der Waals surface area contributed by atoms with E-state index in [1.165, 1.54) is 0 Å². The average molecular weight is 482 g/mol. The first-order valence-electron chi connectivity index (χ1n) is 11.4. The van der Waals surface area contributed by atoms with E-state index < -0.39 is 17.7 Å². The van der Waals surface area contributed by atoms with Gasteiger partial charge in [0.15, 0.2) is 0 Å². The number of hydrogen-bond acceptors (Lipinski definition) is 6. The van der Waals surface area contributed by atoms with Crippen LogP contribution in [-0.2, 0) is 24.5 Å². The zero-order valence-electron chi connectivity index (χ0n) is 20.0. The van der Waals surface area contributed by atoms with Gasteiger partial charge >= 0.3 is 12.1 Å². The minimum Gasteiger partial charge on any atom is -0.465 e. The van der Waals surface area contributed by atoms with Crippen molar-refractivity contribution in [2.75, 3.05) is 26.2 Å². The van der Waals surface area contributed by atoms with E-state index in [4.69, 9.17) is 21.1 Å². The number of rotatable bonds is 9. The van der Waals surface area contributed by atoms with E-state index in [0.29, 0.717) is 11.6 Å². The lowest BCUT2D eigenvalue weighted by atomic mass is 9.68. The number of halogens is 1. The molecule has 8 nitrogen and oxygen atoms in total. The molecule has 1 fully saturated rings. The summed E-state index contributed by atoms with van der Waals surface area (Å²) in [5, 5.41) is 9.42. The Kier molecular flexibility index (Phi) is 9.98. The standard InChI is InChI=1S/C24H36ClN3O5/c1-5-32-21(30)15-27-20(29)14-26-19-9-11-24(12-10-19,17-7-6-8-18(25)13-17)16-28-22(31)33-23(2,3)4/h6-8,13,19,26H,5,9-12,14-16H2,1-4H3,(H,27,29)(H,28,31)/t19-,24+. The number of ether oxygens (including phenoxy) is 2. The predicted molar refractivity (Wildman–Crippen MR) is 127 cm³/mol. The van der Waals surface area contributed by atoms with Crippen LogP contribution in [0, 0.1) is 0 Å². The molecule has 0 aromatic heterocycles. The summed E-state index contributed by atoms with van der Waals surface area (Å²) in [4.78, 5) is 35.7. The molecule has 0 unspecified atom stereocenters. The fourth-order valence-electron chi connectivity index (χ4n) is 4.00. The van der Waals surface area contributed by atoms with E-state index in [1.54, 1.807) is 6.92 Å². The average Bonchev–Trinajstić information content (AvgIpc) is 2.74. The number of alkyl carbamates (subject to hydrolysis) is 1. The van der Waals surface area contributed by atoms with Crippen molar-refractivity contribution in [3.63, 3.8) is 0 Å². The summed E-state index contributed by atoms with van der Waals surface area (Å²) in [5.74, 6) is -0.700. The topological polar surface area (TPSA) is 106 Å². The number of hydrogen-bond donors (Lipinski definition) is 3. The van der Waals surface area contributed by atoms with Gasteiger partial charge in [0.1, 0.15) is 12.1 Å². The molecule has 9 heteroatoms. The Labute approximate surface area is 201 Å². The summed E-state index contributed by atoms with van der Waals surface area (Å²) in [6.45, 7) is 7.94. The summed E-state index contributed by atoms with van der Waals surface area (Å²) in [5.41, 5.74) is 0.242. The lowest BCUT2D eigenvalue weighted by Gasteiger charge is -2.41. The highest BCUT2D eigenvalue weighted by atomic mass is 35.5. The van der Waals surface area contributed by atoms with E-state index in [9.17, 15) is 14.4 Å². The first-order chi connectivity index (χ1) is 15.5. The quantitative estimate of drug-likeness (QED) is 0.467. The molecular formula is C24H36ClN3O5. The van der Waals surface area contributed by atoms with Gasteiger partial charge in [-0.1, -0.05) is 23.7 Å². The lowest BCUT2D eigenvalue weighted by Crippen LogP contribution is -2.48. The monoisotopic (exact) mass is 481 g/mol. The van der Waals surface area contributed by atoms with Gasteiger partial charge in [0.05, 0.1) is 13.2 Å². The highest BCUT2D eigenvalue weighted by molar-refractivity contribution is 6.30. The molecule has 0 bridgehead atoms. The summed E-state index contributed by atoms with van der Waals surface area (Å²) in [6.07, 6.45) is 2.83. The number of benzene rings is 1. The number of esters is 1. The molecule has 1 aromatic carbocycles. The summed E-state index contributed by atoms with van der Waals surface area (Å²) >= 11 is 6.26. The van der Waals surface area contributed by atoms with Gasteiger partial charge < -0.3 is 25.4 Å². The third-order valence-electron chi connectivity index (χ3n) is 5.64. The van der Waals surface area contributed by atoms with Crippen molar-refractivity contribution < 1.29 is 23.9 Å². The number of amides is 2. The smallest absolute Gasteiger partial charge is 0.407 e. The van der Waals surface area contributed by atoms with Gasteiger partial charge in [0.2, 0.25) is 5.91 Å². The van der Waals surface area contributed by atoms with Crippen LogP contribution >= 0.6 is 11.6 Å². The normalized spacial score (nSPS) is 20.6. The van der Waals surface area contributed by atoms with Crippen molar-refractivity contribution in [1.29, 1.82) is 0 Å². The van der Waals surface area contributed by atoms with Crippen LogP contribution in [0.3, 0.4) is 0 Å². The van der Waals surface area contributed by atoms with Crippen LogP contribution in [0.4, 0.5) is 4.79 Å². The fourth-order valence-corrected chi connectivity index (χ4v) is 4.19. The molecule has 2 amide bonds. The Morgan fingerprint density at radius 1 is 1.12 bits per heavy atom. The molecule has 0 heterocycles. The van der Waals surface area contributed by atoms with Crippen LogP contribution in [0.25, 0.3) is 0 Å². The van der Waals surface area contributed by atoms with E-state index in [1.807, 2.05) is 45.0 Å². The molecule has 0 radical (unpaired) electrons. The Hall–Kier alpha value is -2.32. The first kappa shape index (κ1) is 26.9. The van der Waals surface area contributed by atoms with E-state index in [0.717, 1.165) is 31.2 Å². The molecule has 184 valence electrons. The van der Waals surface area contributed by atoms with Crippen molar-refractivity contribution >= 4 is 29.6 Å². The predicted octanol–water partition coefficient (Wildman–Crippen LogP) is 3.31. The van der Waals surface area contributed by atoms with Gasteiger partial charge in [0, 0.05) is 23.0 Å². The molecule has 0 aliphatic heterocycles. The maximum absolute atomic E-state index is 12.3. The largest absolute Gasteiger partial charge is 0.465 e. The van der Waals surface area contributed by atoms with Crippen LogP contribution in [0.1, 0.15) is 58.9 Å². The van der Waals surface area contributed by atoms with Crippen molar-refractivity contribution in [2.45, 2.75) is 70.4 Å². The Balaban J connectivity index is 1.94. The van der Waals surface area contributed by atoms with E-state index in [2.05, 4.69) is 16.0 Å². The molecule has 3 N–H and O–H groups in total. The second-order valence-corrected chi connectivity index (χ2v) is 9.82. The number of nitrogens with one attached hydrogen (secondary N) is 3. The SMILES string of the molecule is CCOC(=O)CNC(=O)CN[C@H]1CC[C@@](CNC(=O)OC(C)(C)C)(c2cccc(Cl)c2)CC1. The van der Waals surface area contributed by atoms with Gasteiger partial charge in [-0.3, -0.25) is 9.59 Å². The Bertz CT molecular complexity index is 817. The molecule has 1 aliphatic rings. The van der Waals surface area contributed by atoms with Gasteiger partial charge in [-0.15, -0.1) is 0 Å². The van der Waals surface area contributed by atoms with Gasteiger partial charge in [0.25, 0.3) is 0 Å². The molecule has 0 saturated heterocycles. The van der Waals surface area contributed by atoms with Gasteiger partial charge in [-0.2, -0.15) is 0 Å². The summed E-state index contributed by atoms with van der Waals surface area (Å²) in [6, 6.07) is 7.91. The van der Waals surface area contributed by atoms with Crippen molar-refractivity contribution in [3.05, 3.63) is 34.9 Å². The van der Waals surface area contributed by atoms with E-state index in [-0.39, 0.29) is 37.1 Å². The molecular weight excluding hydrogens is 446 g/mol. The molecule has 2 rings (SSSR count).